The molecule has 0 spiro atoms. The molecule has 2 N–H and O–H groups in total. The zero-order chi connectivity index (χ0) is 14.9. The smallest absolute Gasteiger partial charge is 0.276 e. The zero-order valence-corrected chi connectivity index (χ0v) is 12.2. The highest BCUT2D eigenvalue weighted by atomic mass is 32.2. The van der Waals surface area contributed by atoms with Crippen molar-refractivity contribution in [1.82, 2.24) is 9.62 Å². The summed E-state index contributed by atoms with van der Waals surface area (Å²) in [6.45, 7) is 1.82. The summed E-state index contributed by atoms with van der Waals surface area (Å²) >= 11 is 0. The van der Waals surface area contributed by atoms with Gasteiger partial charge in [-0.15, -0.1) is 0 Å². The quantitative estimate of drug-likeness (QED) is 0.796. The van der Waals surface area contributed by atoms with Crippen LogP contribution in [0.5, 0.6) is 0 Å². The molecular weight excluding hydrogens is 284 g/mol. The number of β-amino-alcohol motifs (C(OH)–C–C–N with tert-alkyl or cyclic N) is 1. The largest absolute Gasteiger partial charge is 0.451 e. The van der Waals surface area contributed by atoms with E-state index in [1.165, 1.54) is 19.4 Å². The summed E-state index contributed by atoms with van der Waals surface area (Å²) in [5.41, 5.74) is 0.713. The Morgan fingerprint density at radius 2 is 2.25 bits per heavy atom. The molecule has 1 fully saturated rings. The number of carbonyl (C=O) groups excluding carboxylic acids is 1. The zero-order valence-electron chi connectivity index (χ0n) is 11.4. The molecule has 2 heterocycles. The van der Waals surface area contributed by atoms with Gasteiger partial charge in [0.1, 0.15) is 0 Å². The maximum absolute atomic E-state index is 12.3. The number of amides is 1. The first-order valence-electron chi connectivity index (χ1n) is 6.28. The van der Waals surface area contributed by atoms with Gasteiger partial charge in [0.05, 0.1) is 12.4 Å². The van der Waals surface area contributed by atoms with Crippen molar-refractivity contribution in [2.75, 3.05) is 20.1 Å². The fourth-order valence-electron chi connectivity index (χ4n) is 2.22. The molecule has 2 atom stereocenters. The van der Waals surface area contributed by atoms with Gasteiger partial charge in [0.25, 0.3) is 10.0 Å². The van der Waals surface area contributed by atoms with E-state index in [0.29, 0.717) is 5.56 Å². The van der Waals surface area contributed by atoms with Crippen molar-refractivity contribution in [2.45, 2.75) is 24.5 Å². The van der Waals surface area contributed by atoms with Crippen LogP contribution in [0.25, 0.3) is 0 Å². The van der Waals surface area contributed by atoms with Crippen molar-refractivity contribution in [2.24, 2.45) is 5.92 Å². The minimum absolute atomic E-state index is 0.0241. The fourth-order valence-corrected chi connectivity index (χ4v) is 3.72. The van der Waals surface area contributed by atoms with E-state index < -0.39 is 22.0 Å². The number of rotatable bonds is 4. The van der Waals surface area contributed by atoms with Crippen LogP contribution in [0, 0.1) is 12.8 Å². The molecule has 1 saturated heterocycles. The lowest BCUT2D eigenvalue weighted by molar-refractivity contribution is -0.122. The Balaban J connectivity index is 2.13. The van der Waals surface area contributed by atoms with Crippen molar-refractivity contribution in [1.29, 1.82) is 0 Å². The van der Waals surface area contributed by atoms with Crippen molar-refractivity contribution >= 4 is 15.9 Å². The number of sulfonamides is 1. The van der Waals surface area contributed by atoms with Crippen molar-refractivity contribution in [3.8, 4) is 0 Å². The van der Waals surface area contributed by atoms with E-state index in [9.17, 15) is 18.3 Å². The highest BCUT2D eigenvalue weighted by Crippen LogP contribution is 2.27. The molecule has 0 aliphatic carbocycles. The van der Waals surface area contributed by atoms with E-state index >= 15 is 0 Å². The van der Waals surface area contributed by atoms with Crippen LogP contribution in [-0.4, -0.2) is 50.0 Å². The van der Waals surface area contributed by atoms with Crippen LogP contribution < -0.4 is 5.32 Å². The summed E-state index contributed by atoms with van der Waals surface area (Å²) in [6.07, 6.45) is 0.612. The molecule has 0 saturated carbocycles. The monoisotopic (exact) mass is 302 g/mol. The molecule has 1 amide bonds. The number of hydrogen-bond acceptors (Lipinski definition) is 5. The van der Waals surface area contributed by atoms with Gasteiger partial charge in [0.2, 0.25) is 11.0 Å². The Kier molecular flexibility index (Phi) is 4.17. The molecule has 8 heteroatoms. The second kappa shape index (κ2) is 5.55. The molecule has 0 bridgehead atoms. The molecule has 0 aromatic carbocycles. The third kappa shape index (κ3) is 2.87. The van der Waals surface area contributed by atoms with E-state index in [2.05, 4.69) is 5.32 Å². The molecule has 112 valence electrons. The van der Waals surface area contributed by atoms with E-state index in [1.54, 1.807) is 6.92 Å². The average molecular weight is 302 g/mol. The standard InChI is InChI=1S/C12H18N2O5S/c1-8-3-12(19-7-8)20(17,18)14-5-9(10(15)6-14)4-11(16)13-2/h3,7,9-10,15H,4-6H2,1-2H3,(H,13,16)/t9-,10-/m1/s1. The minimum Gasteiger partial charge on any atom is -0.451 e. The predicted molar refractivity (Wildman–Crippen MR) is 70.4 cm³/mol. The van der Waals surface area contributed by atoms with Gasteiger partial charge >= 0.3 is 0 Å². The number of carbonyl (C=O) groups is 1. The fraction of sp³-hybridized carbons (Fsp3) is 0.583. The molecule has 2 rings (SSSR count). The summed E-state index contributed by atoms with van der Waals surface area (Å²) in [5, 5.41) is 12.2. The third-order valence-electron chi connectivity index (χ3n) is 3.40. The van der Waals surface area contributed by atoms with Gasteiger partial charge in [0, 0.05) is 38.5 Å². The first kappa shape index (κ1) is 15.0. The van der Waals surface area contributed by atoms with Gasteiger partial charge in [-0.2, -0.15) is 4.31 Å². The predicted octanol–water partition coefficient (Wildman–Crippen LogP) is -0.294. The van der Waals surface area contributed by atoms with Crippen molar-refractivity contribution in [3.05, 3.63) is 17.9 Å². The second-order valence-electron chi connectivity index (χ2n) is 4.97. The maximum atomic E-state index is 12.3. The molecule has 1 aromatic rings. The SMILES string of the molecule is CNC(=O)C[C@@H]1CN(S(=O)(=O)c2cc(C)co2)C[C@H]1O. The minimum atomic E-state index is -3.75. The van der Waals surface area contributed by atoms with Crippen LogP contribution in [0.1, 0.15) is 12.0 Å². The number of nitrogens with zero attached hydrogens (tertiary/aromatic N) is 1. The first-order valence-corrected chi connectivity index (χ1v) is 7.72. The highest BCUT2D eigenvalue weighted by Gasteiger charge is 2.40. The van der Waals surface area contributed by atoms with Crippen LogP contribution in [-0.2, 0) is 14.8 Å². The summed E-state index contributed by atoms with van der Waals surface area (Å²) in [7, 11) is -2.25. The average Bonchev–Trinajstić information content (AvgIpc) is 2.97. The molecule has 1 aliphatic heterocycles. The Bertz CT molecular complexity index is 595. The summed E-state index contributed by atoms with van der Waals surface area (Å²) in [5.74, 6) is -0.622. The van der Waals surface area contributed by atoms with Gasteiger partial charge in [-0.05, 0) is 12.5 Å². The van der Waals surface area contributed by atoms with Crippen molar-refractivity contribution in [3.63, 3.8) is 0 Å². The van der Waals surface area contributed by atoms with Gasteiger partial charge in [0.15, 0.2) is 0 Å². The molecule has 1 aromatic heterocycles. The number of hydrogen-bond donors (Lipinski definition) is 2. The molecule has 0 radical (unpaired) electrons. The topological polar surface area (TPSA) is 99.9 Å². The molecule has 0 unspecified atom stereocenters. The highest BCUT2D eigenvalue weighted by molar-refractivity contribution is 7.89. The van der Waals surface area contributed by atoms with Crippen molar-refractivity contribution < 1.29 is 22.7 Å². The molecular formula is C12H18N2O5S. The Labute approximate surface area is 117 Å². The molecule has 1 aliphatic rings. The molecule has 20 heavy (non-hydrogen) atoms. The number of aliphatic hydroxyl groups excluding tert-OH is 1. The Hall–Kier alpha value is -1.38. The maximum Gasteiger partial charge on any atom is 0.276 e. The summed E-state index contributed by atoms with van der Waals surface area (Å²) < 4.78 is 30.8. The van der Waals surface area contributed by atoms with E-state index in [4.69, 9.17) is 4.42 Å². The third-order valence-corrected chi connectivity index (χ3v) is 5.10. The van der Waals surface area contributed by atoms with E-state index in [0.717, 1.165) is 4.31 Å². The van der Waals surface area contributed by atoms with Gasteiger partial charge in [-0.1, -0.05) is 0 Å². The summed E-state index contributed by atoms with van der Waals surface area (Å²) in [4.78, 5) is 11.3. The summed E-state index contributed by atoms with van der Waals surface area (Å²) in [6, 6.07) is 1.44. The van der Waals surface area contributed by atoms with Crippen LogP contribution in [0.2, 0.25) is 0 Å². The number of nitrogens with one attached hydrogen (secondary N) is 1. The van der Waals surface area contributed by atoms with E-state index in [-0.39, 0.29) is 30.5 Å². The van der Waals surface area contributed by atoms with E-state index in [1.807, 2.05) is 0 Å². The lowest BCUT2D eigenvalue weighted by atomic mass is 10.0. The normalized spacial score (nSPS) is 23.9. The van der Waals surface area contributed by atoms with Gasteiger partial charge in [-0.3, -0.25) is 4.79 Å². The van der Waals surface area contributed by atoms with Crippen LogP contribution in [0.4, 0.5) is 0 Å². The Morgan fingerprint density at radius 3 is 2.80 bits per heavy atom. The second-order valence-corrected chi connectivity index (χ2v) is 6.84. The van der Waals surface area contributed by atoms with Crippen LogP contribution in [0.15, 0.2) is 21.8 Å². The van der Waals surface area contributed by atoms with Gasteiger partial charge in [-0.25, -0.2) is 8.42 Å². The first-order chi connectivity index (χ1) is 9.34. The number of aliphatic hydroxyl groups is 1. The van der Waals surface area contributed by atoms with Gasteiger partial charge < -0.3 is 14.8 Å². The molecule has 7 nitrogen and oxygen atoms in total. The lowest BCUT2D eigenvalue weighted by Gasteiger charge is -2.14. The number of aryl methyl sites for hydroxylation is 1. The van der Waals surface area contributed by atoms with Crippen LogP contribution in [0.3, 0.4) is 0 Å². The van der Waals surface area contributed by atoms with Crippen LogP contribution >= 0.6 is 0 Å². The number of furan rings is 1. The lowest BCUT2D eigenvalue weighted by Crippen LogP contribution is -2.29. The Morgan fingerprint density at radius 1 is 1.55 bits per heavy atom.